The summed E-state index contributed by atoms with van der Waals surface area (Å²) >= 11 is 13.3. The number of hydrogen-bond donors (Lipinski definition) is 1. The van der Waals surface area contributed by atoms with Crippen molar-refractivity contribution in [3.05, 3.63) is 88.4 Å². The topological polar surface area (TPSA) is 81.4 Å². The minimum absolute atomic E-state index is 0.103. The number of amides is 1. The normalized spacial score (nSPS) is 11.4. The maximum Gasteiger partial charge on any atom is 0.250 e. The molecule has 1 heterocycles. The van der Waals surface area contributed by atoms with Crippen LogP contribution in [0.5, 0.6) is 5.75 Å². The molecule has 0 saturated carbocycles. The number of hydrazone groups is 1. The summed E-state index contributed by atoms with van der Waals surface area (Å²) < 4.78 is 7.18. The van der Waals surface area contributed by atoms with Crippen LogP contribution in [0.3, 0.4) is 0 Å². The number of carbonyl (C=O) groups excluding carboxylic acids is 1. The van der Waals surface area contributed by atoms with Gasteiger partial charge in [-0.1, -0.05) is 59.2 Å². The van der Waals surface area contributed by atoms with Crippen LogP contribution in [0.15, 0.2) is 83.1 Å². The summed E-state index contributed by atoms with van der Waals surface area (Å²) in [6.07, 6.45) is 0. The number of hydrogen-bond acceptors (Lipinski definition) is 6. The average Bonchev–Trinajstić information content (AvgIpc) is 3.32. The van der Waals surface area contributed by atoms with Gasteiger partial charge in [-0.05, 0) is 61.0 Å². The van der Waals surface area contributed by atoms with Crippen LogP contribution in [0.25, 0.3) is 17.1 Å². The molecule has 0 atom stereocenters. The fourth-order valence-electron chi connectivity index (χ4n) is 3.19. The van der Waals surface area contributed by atoms with E-state index in [2.05, 4.69) is 20.7 Å². The van der Waals surface area contributed by atoms with E-state index in [9.17, 15) is 4.79 Å². The highest BCUT2D eigenvalue weighted by Gasteiger charge is 2.17. The Hall–Kier alpha value is -3.33. The number of nitrogens with one attached hydrogen (secondary N) is 1. The van der Waals surface area contributed by atoms with Gasteiger partial charge in [0, 0.05) is 11.3 Å². The Labute approximate surface area is 217 Å². The first-order chi connectivity index (χ1) is 17.0. The highest BCUT2D eigenvalue weighted by molar-refractivity contribution is 7.99. The van der Waals surface area contributed by atoms with E-state index in [1.165, 1.54) is 11.8 Å². The highest BCUT2D eigenvalue weighted by Crippen LogP contribution is 2.29. The number of para-hydroxylation sites is 1. The molecule has 0 unspecified atom stereocenters. The van der Waals surface area contributed by atoms with Gasteiger partial charge in [-0.3, -0.25) is 9.36 Å². The summed E-state index contributed by atoms with van der Waals surface area (Å²) in [6, 6.07) is 22.5. The van der Waals surface area contributed by atoms with E-state index in [1.807, 2.05) is 59.2 Å². The number of halogens is 2. The van der Waals surface area contributed by atoms with Crippen LogP contribution in [-0.2, 0) is 4.79 Å². The quantitative estimate of drug-likeness (QED) is 0.176. The number of ether oxygens (including phenoxy) is 1. The van der Waals surface area contributed by atoms with Crippen molar-refractivity contribution in [1.29, 1.82) is 0 Å². The molecule has 3 aromatic carbocycles. The molecule has 4 rings (SSSR count). The Morgan fingerprint density at radius 1 is 1.03 bits per heavy atom. The molecule has 1 N–H and O–H groups in total. The summed E-state index contributed by atoms with van der Waals surface area (Å²) in [5.74, 6) is 1.24. The van der Waals surface area contributed by atoms with Crippen molar-refractivity contribution in [3.8, 4) is 22.8 Å². The number of nitrogens with zero attached hydrogens (tertiary/aromatic N) is 4. The van der Waals surface area contributed by atoms with Gasteiger partial charge in [0.25, 0.3) is 5.91 Å². The van der Waals surface area contributed by atoms with Crippen molar-refractivity contribution in [3.63, 3.8) is 0 Å². The molecule has 1 amide bonds. The van der Waals surface area contributed by atoms with Crippen molar-refractivity contribution in [2.75, 3.05) is 12.9 Å². The zero-order valence-electron chi connectivity index (χ0n) is 18.9. The lowest BCUT2D eigenvalue weighted by Gasteiger charge is -2.10. The lowest BCUT2D eigenvalue weighted by atomic mass is 10.1. The summed E-state index contributed by atoms with van der Waals surface area (Å²) in [5, 5.41) is 14.4. The van der Waals surface area contributed by atoms with Gasteiger partial charge in [-0.2, -0.15) is 5.10 Å². The molecule has 0 saturated heterocycles. The van der Waals surface area contributed by atoms with Crippen LogP contribution in [0.1, 0.15) is 12.5 Å². The monoisotopic (exact) mass is 525 g/mol. The second kappa shape index (κ2) is 11.4. The third-order valence-corrected chi connectivity index (χ3v) is 6.68. The van der Waals surface area contributed by atoms with E-state index in [0.29, 0.717) is 26.7 Å². The molecule has 0 spiro atoms. The van der Waals surface area contributed by atoms with Crippen molar-refractivity contribution in [2.24, 2.45) is 5.10 Å². The molecule has 0 bridgehead atoms. The van der Waals surface area contributed by atoms with Crippen LogP contribution in [0.4, 0.5) is 0 Å². The zero-order valence-corrected chi connectivity index (χ0v) is 21.2. The minimum atomic E-state index is -0.275. The Morgan fingerprint density at radius 2 is 1.77 bits per heavy atom. The van der Waals surface area contributed by atoms with Gasteiger partial charge in [0.1, 0.15) is 5.75 Å². The smallest absolute Gasteiger partial charge is 0.250 e. The van der Waals surface area contributed by atoms with E-state index in [-0.39, 0.29) is 11.7 Å². The first-order valence-corrected chi connectivity index (χ1v) is 12.3. The molecule has 4 aromatic rings. The predicted molar refractivity (Wildman–Crippen MR) is 141 cm³/mol. The Balaban J connectivity index is 1.51. The van der Waals surface area contributed by atoms with Crippen molar-refractivity contribution in [1.82, 2.24) is 20.2 Å². The zero-order chi connectivity index (χ0) is 24.8. The Bertz CT molecular complexity index is 1360. The van der Waals surface area contributed by atoms with Crippen LogP contribution in [0.2, 0.25) is 10.0 Å². The Kier molecular flexibility index (Phi) is 8.07. The summed E-state index contributed by atoms with van der Waals surface area (Å²) in [5.41, 5.74) is 5.71. The largest absolute Gasteiger partial charge is 0.497 e. The van der Waals surface area contributed by atoms with E-state index < -0.39 is 0 Å². The van der Waals surface area contributed by atoms with Crippen molar-refractivity contribution >= 4 is 46.6 Å². The summed E-state index contributed by atoms with van der Waals surface area (Å²) in [6.45, 7) is 1.78. The molecule has 7 nitrogen and oxygen atoms in total. The molecule has 0 aliphatic carbocycles. The SMILES string of the molecule is COc1ccc(-c2nnc(SCC(=O)NN=C(C)c3ccc(Cl)c(Cl)c3)n2-c2ccccc2)cc1. The molecule has 35 heavy (non-hydrogen) atoms. The van der Waals surface area contributed by atoms with Crippen LogP contribution < -0.4 is 10.2 Å². The molecule has 0 aliphatic rings. The summed E-state index contributed by atoms with van der Waals surface area (Å²) in [7, 11) is 1.62. The maximum atomic E-state index is 12.5. The standard InChI is InChI=1S/C25H21Cl2N5O2S/c1-16(18-10-13-21(26)22(27)14-18)28-29-23(33)15-35-25-31-30-24(17-8-11-20(34-2)12-9-17)32(25)19-6-4-3-5-7-19/h3-14H,15H2,1-2H3,(H,29,33). The molecule has 178 valence electrons. The third-order valence-electron chi connectivity index (χ3n) is 5.01. The average molecular weight is 526 g/mol. The molecule has 0 aliphatic heterocycles. The first-order valence-electron chi connectivity index (χ1n) is 10.5. The molecule has 1 aromatic heterocycles. The fraction of sp³-hybridized carbons (Fsp3) is 0.120. The molecule has 10 heteroatoms. The maximum absolute atomic E-state index is 12.5. The van der Waals surface area contributed by atoms with E-state index in [1.54, 1.807) is 32.2 Å². The van der Waals surface area contributed by atoms with Gasteiger partial charge in [0.2, 0.25) is 0 Å². The van der Waals surface area contributed by atoms with Gasteiger partial charge in [0.05, 0.1) is 28.6 Å². The highest BCUT2D eigenvalue weighted by atomic mass is 35.5. The minimum Gasteiger partial charge on any atom is -0.497 e. The number of aromatic nitrogens is 3. The lowest BCUT2D eigenvalue weighted by molar-refractivity contribution is -0.118. The number of benzene rings is 3. The van der Waals surface area contributed by atoms with Gasteiger partial charge in [-0.25, -0.2) is 5.43 Å². The van der Waals surface area contributed by atoms with E-state index >= 15 is 0 Å². The number of rotatable bonds is 8. The van der Waals surface area contributed by atoms with E-state index in [4.69, 9.17) is 27.9 Å². The van der Waals surface area contributed by atoms with Crippen LogP contribution in [-0.4, -0.2) is 39.2 Å². The second-order valence-corrected chi connectivity index (χ2v) is 9.11. The van der Waals surface area contributed by atoms with Gasteiger partial charge < -0.3 is 4.74 Å². The first kappa shape index (κ1) is 24.8. The van der Waals surface area contributed by atoms with Gasteiger partial charge in [-0.15, -0.1) is 10.2 Å². The van der Waals surface area contributed by atoms with Crippen molar-refractivity contribution < 1.29 is 9.53 Å². The van der Waals surface area contributed by atoms with Crippen molar-refractivity contribution in [2.45, 2.75) is 12.1 Å². The summed E-state index contributed by atoms with van der Waals surface area (Å²) in [4.78, 5) is 12.5. The van der Waals surface area contributed by atoms with Crippen LogP contribution in [0, 0.1) is 0 Å². The van der Waals surface area contributed by atoms with E-state index in [0.717, 1.165) is 22.6 Å². The molecule has 0 fully saturated rings. The number of carbonyl (C=O) groups is 1. The van der Waals surface area contributed by atoms with Gasteiger partial charge in [0.15, 0.2) is 11.0 Å². The van der Waals surface area contributed by atoms with Gasteiger partial charge >= 0.3 is 0 Å². The van der Waals surface area contributed by atoms with Crippen LogP contribution >= 0.6 is 35.0 Å². The lowest BCUT2D eigenvalue weighted by Crippen LogP contribution is -2.21. The second-order valence-electron chi connectivity index (χ2n) is 7.36. The molecular weight excluding hydrogens is 505 g/mol. The number of methoxy groups -OCH3 is 1. The molecular formula is C25H21Cl2N5O2S. The number of thioether (sulfide) groups is 1. The predicted octanol–water partition coefficient (Wildman–Crippen LogP) is 5.88. The molecule has 0 radical (unpaired) electrons. The third kappa shape index (κ3) is 6.03. The Morgan fingerprint density at radius 3 is 2.46 bits per heavy atom. The fourth-order valence-corrected chi connectivity index (χ4v) is 4.24.